The van der Waals surface area contributed by atoms with E-state index in [1.54, 1.807) is 23.1 Å². The molecule has 0 unspecified atom stereocenters. The molecule has 2 N–H and O–H groups in total. The van der Waals surface area contributed by atoms with Crippen molar-refractivity contribution in [2.24, 2.45) is 0 Å². The highest BCUT2D eigenvalue weighted by molar-refractivity contribution is 8.01. The molecule has 1 amide bonds. The molecule has 0 radical (unpaired) electrons. The van der Waals surface area contributed by atoms with Crippen LogP contribution in [0.2, 0.25) is 0 Å². The van der Waals surface area contributed by atoms with Crippen molar-refractivity contribution in [2.75, 3.05) is 18.9 Å². The van der Waals surface area contributed by atoms with Crippen LogP contribution in [0.4, 0.5) is 0 Å². The van der Waals surface area contributed by atoms with Crippen molar-refractivity contribution in [3.63, 3.8) is 0 Å². The third-order valence-electron chi connectivity index (χ3n) is 2.25. The standard InChI is InChI=1S/C12H19NO2S2/c14-8-4-2-1-3-7-13-11(15)10-17-12-6-5-9-16-12/h5-6,9,14H,1-4,7-8,10H2,(H,13,15). The summed E-state index contributed by atoms with van der Waals surface area (Å²) in [5.74, 6) is 0.600. The van der Waals surface area contributed by atoms with Crippen LogP contribution in [0.3, 0.4) is 0 Å². The molecule has 3 nitrogen and oxygen atoms in total. The smallest absolute Gasteiger partial charge is 0.230 e. The van der Waals surface area contributed by atoms with E-state index < -0.39 is 0 Å². The van der Waals surface area contributed by atoms with Crippen LogP contribution >= 0.6 is 23.1 Å². The van der Waals surface area contributed by atoms with E-state index in [0.717, 1.165) is 32.2 Å². The highest BCUT2D eigenvalue weighted by Crippen LogP contribution is 2.22. The third-order valence-corrected chi connectivity index (χ3v) is 4.38. The van der Waals surface area contributed by atoms with Gasteiger partial charge in [-0.25, -0.2) is 0 Å². The van der Waals surface area contributed by atoms with Gasteiger partial charge in [0.25, 0.3) is 0 Å². The molecule has 0 spiro atoms. The van der Waals surface area contributed by atoms with Gasteiger partial charge in [-0.1, -0.05) is 18.9 Å². The molecule has 0 aliphatic carbocycles. The molecule has 0 aliphatic heterocycles. The number of amides is 1. The van der Waals surface area contributed by atoms with Gasteiger partial charge in [-0.3, -0.25) is 4.79 Å². The normalized spacial score (nSPS) is 10.4. The highest BCUT2D eigenvalue weighted by Gasteiger charge is 2.02. The minimum absolute atomic E-state index is 0.102. The lowest BCUT2D eigenvalue weighted by Gasteiger charge is -2.04. The monoisotopic (exact) mass is 273 g/mol. The molecular formula is C12H19NO2S2. The first-order chi connectivity index (χ1) is 8.33. The zero-order valence-electron chi connectivity index (χ0n) is 9.85. The second-order valence-electron chi connectivity index (χ2n) is 3.71. The first-order valence-corrected chi connectivity index (χ1v) is 7.73. The van der Waals surface area contributed by atoms with Gasteiger partial charge in [0.05, 0.1) is 9.96 Å². The van der Waals surface area contributed by atoms with Crippen molar-refractivity contribution in [1.29, 1.82) is 0 Å². The van der Waals surface area contributed by atoms with Gasteiger partial charge in [-0.05, 0) is 24.3 Å². The van der Waals surface area contributed by atoms with Crippen LogP contribution in [0.1, 0.15) is 25.7 Å². The molecule has 0 aromatic carbocycles. The Hall–Kier alpha value is -0.520. The Balaban J connectivity index is 1.94. The summed E-state index contributed by atoms with van der Waals surface area (Å²) in [6.45, 7) is 1.01. The summed E-state index contributed by atoms with van der Waals surface area (Å²) in [5, 5.41) is 13.5. The molecule has 1 aromatic rings. The fourth-order valence-electron chi connectivity index (χ4n) is 1.35. The number of thioether (sulfide) groups is 1. The first kappa shape index (κ1) is 14.5. The molecule has 1 heterocycles. The Labute approximate surface area is 111 Å². The zero-order chi connectivity index (χ0) is 12.3. The van der Waals surface area contributed by atoms with Crippen molar-refractivity contribution in [3.8, 4) is 0 Å². The van der Waals surface area contributed by atoms with Gasteiger partial charge in [0.2, 0.25) is 5.91 Å². The number of nitrogens with one attached hydrogen (secondary N) is 1. The van der Waals surface area contributed by atoms with Crippen LogP contribution in [0.15, 0.2) is 21.7 Å². The first-order valence-electron chi connectivity index (χ1n) is 5.87. The third kappa shape index (κ3) is 7.41. The van der Waals surface area contributed by atoms with Crippen molar-refractivity contribution in [2.45, 2.75) is 29.9 Å². The molecule has 0 fully saturated rings. The molecule has 96 valence electrons. The van der Waals surface area contributed by atoms with E-state index >= 15 is 0 Å². The molecule has 1 aromatic heterocycles. The van der Waals surface area contributed by atoms with Crippen molar-refractivity contribution in [1.82, 2.24) is 5.32 Å². The summed E-state index contributed by atoms with van der Waals surface area (Å²) < 4.78 is 1.18. The van der Waals surface area contributed by atoms with E-state index in [1.807, 2.05) is 17.5 Å². The molecule has 0 atom stereocenters. The van der Waals surface area contributed by atoms with Gasteiger partial charge in [-0.2, -0.15) is 0 Å². The average Bonchev–Trinajstić information content (AvgIpc) is 2.84. The maximum atomic E-state index is 11.5. The van der Waals surface area contributed by atoms with Crippen molar-refractivity contribution in [3.05, 3.63) is 17.5 Å². The van der Waals surface area contributed by atoms with Gasteiger partial charge < -0.3 is 10.4 Å². The molecular weight excluding hydrogens is 254 g/mol. The van der Waals surface area contributed by atoms with Crippen LogP contribution in [0.25, 0.3) is 0 Å². The van der Waals surface area contributed by atoms with Gasteiger partial charge in [0.1, 0.15) is 0 Å². The van der Waals surface area contributed by atoms with Gasteiger partial charge >= 0.3 is 0 Å². The fourth-order valence-corrected chi connectivity index (χ4v) is 2.97. The van der Waals surface area contributed by atoms with Crippen LogP contribution < -0.4 is 5.32 Å². The molecule has 17 heavy (non-hydrogen) atoms. The zero-order valence-corrected chi connectivity index (χ0v) is 11.5. The van der Waals surface area contributed by atoms with Crippen LogP contribution in [-0.4, -0.2) is 29.9 Å². The fraction of sp³-hybridized carbons (Fsp3) is 0.583. The molecule has 0 bridgehead atoms. The lowest BCUT2D eigenvalue weighted by Crippen LogP contribution is -2.26. The van der Waals surface area contributed by atoms with E-state index in [4.69, 9.17) is 5.11 Å². The van der Waals surface area contributed by atoms with Crippen LogP contribution in [0, 0.1) is 0 Å². The molecule has 5 heteroatoms. The number of unbranched alkanes of at least 4 members (excludes halogenated alkanes) is 3. The summed E-state index contributed by atoms with van der Waals surface area (Å²) in [5.41, 5.74) is 0. The largest absolute Gasteiger partial charge is 0.396 e. The number of carbonyl (C=O) groups excluding carboxylic acids is 1. The molecule has 0 saturated heterocycles. The number of aliphatic hydroxyl groups is 1. The lowest BCUT2D eigenvalue weighted by molar-refractivity contribution is -0.118. The quantitative estimate of drug-likeness (QED) is 0.537. The molecule has 0 saturated carbocycles. The topological polar surface area (TPSA) is 49.3 Å². The number of rotatable bonds is 9. The number of carbonyl (C=O) groups is 1. The van der Waals surface area contributed by atoms with E-state index in [0.29, 0.717) is 5.75 Å². The number of hydrogen-bond acceptors (Lipinski definition) is 4. The predicted molar refractivity (Wildman–Crippen MR) is 73.6 cm³/mol. The van der Waals surface area contributed by atoms with Crippen LogP contribution in [0.5, 0.6) is 0 Å². The van der Waals surface area contributed by atoms with E-state index in [-0.39, 0.29) is 12.5 Å². The second kappa shape index (κ2) is 9.50. The Morgan fingerprint density at radius 3 is 2.88 bits per heavy atom. The van der Waals surface area contributed by atoms with E-state index in [1.165, 1.54) is 4.21 Å². The molecule has 1 rings (SSSR count). The number of hydrogen-bond donors (Lipinski definition) is 2. The maximum absolute atomic E-state index is 11.5. The number of aliphatic hydroxyl groups excluding tert-OH is 1. The Bertz CT molecular complexity index is 301. The summed E-state index contributed by atoms with van der Waals surface area (Å²) in [7, 11) is 0. The van der Waals surface area contributed by atoms with E-state index in [2.05, 4.69) is 5.32 Å². The Morgan fingerprint density at radius 1 is 1.35 bits per heavy atom. The van der Waals surface area contributed by atoms with Gasteiger partial charge in [0.15, 0.2) is 0 Å². The van der Waals surface area contributed by atoms with Crippen molar-refractivity contribution < 1.29 is 9.90 Å². The maximum Gasteiger partial charge on any atom is 0.230 e. The van der Waals surface area contributed by atoms with E-state index in [9.17, 15) is 4.79 Å². The van der Waals surface area contributed by atoms with Crippen LogP contribution in [-0.2, 0) is 4.79 Å². The number of thiophene rings is 1. The molecule has 0 aliphatic rings. The summed E-state index contributed by atoms with van der Waals surface area (Å²) in [6.07, 6.45) is 3.97. The van der Waals surface area contributed by atoms with Gasteiger partial charge in [-0.15, -0.1) is 23.1 Å². The SMILES string of the molecule is O=C(CSc1cccs1)NCCCCCCO. The summed E-state index contributed by atoms with van der Waals surface area (Å²) in [4.78, 5) is 11.5. The lowest BCUT2D eigenvalue weighted by atomic mass is 10.2. The van der Waals surface area contributed by atoms with Gasteiger partial charge in [0, 0.05) is 13.2 Å². The minimum atomic E-state index is 0.102. The summed E-state index contributed by atoms with van der Waals surface area (Å²) >= 11 is 3.24. The highest BCUT2D eigenvalue weighted by atomic mass is 32.2. The minimum Gasteiger partial charge on any atom is -0.396 e. The summed E-state index contributed by atoms with van der Waals surface area (Å²) in [6, 6.07) is 4.02. The average molecular weight is 273 g/mol. The predicted octanol–water partition coefficient (Wildman–Crippen LogP) is 2.51. The Morgan fingerprint density at radius 2 is 2.18 bits per heavy atom. The van der Waals surface area contributed by atoms with Crippen molar-refractivity contribution >= 4 is 29.0 Å². The second-order valence-corrected chi connectivity index (χ2v) is 5.93. The Kier molecular flexibility index (Phi) is 8.13.